The highest BCUT2D eigenvalue weighted by molar-refractivity contribution is 9.10. The predicted molar refractivity (Wildman–Crippen MR) is 42.3 cm³/mol. The average molecular weight is 224 g/mol. The molecule has 0 amide bonds. The largest absolute Gasteiger partial charge is 0.507 e. The summed E-state index contributed by atoms with van der Waals surface area (Å²) < 4.78 is 19.7. The van der Waals surface area contributed by atoms with Crippen LogP contribution in [0.5, 0.6) is 5.75 Å². The molecule has 11 heavy (non-hydrogen) atoms. The van der Waals surface area contributed by atoms with Crippen molar-refractivity contribution in [3.63, 3.8) is 0 Å². The summed E-state index contributed by atoms with van der Waals surface area (Å²) in [5.41, 5.74) is 0. The summed E-state index contributed by atoms with van der Waals surface area (Å²) in [6.07, 6.45) is 0. The van der Waals surface area contributed by atoms with Crippen LogP contribution in [0.4, 0.5) is 8.78 Å². The maximum absolute atomic E-state index is 9.50. The predicted octanol–water partition coefficient (Wildman–Crippen LogP) is 3.20. The smallest absolute Gasteiger partial charge is 0.298 e. The van der Waals surface area contributed by atoms with E-state index in [1.54, 1.807) is 18.2 Å². The van der Waals surface area contributed by atoms with Gasteiger partial charge in [-0.3, -0.25) is 0 Å². The van der Waals surface area contributed by atoms with Crippen molar-refractivity contribution in [3.05, 3.63) is 35.7 Å². The summed E-state index contributed by atoms with van der Waals surface area (Å²) in [4.78, 5) is 0. The highest BCUT2D eigenvalue weighted by Crippen LogP contribution is 2.21. The molecule has 0 heterocycles. The Morgan fingerprint density at radius 3 is 2.00 bits per heavy atom. The maximum Gasteiger partial charge on any atom is 0.298 e. The van der Waals surface area contributed by atoms with E-state index in [9.17, 15) is 8.78 Å². The third-order valence-electron chi connectivity index (χ3n) is 0.852. The Morgan fingerprint density at radius 1 is 1.27 bits per heavy atom. The van der Waals surface area contributed by atoms with E-state index in [1.807, 2.05) is 6.07 Å². The van der Waals surface area contributed by atoms with Gasteiger partial charge < -0.3 is 5.11 Å². The molecule has 1 radical (unpaired) electrons. The molecular formula is C7H6BrF2O. The molecule has 0 spiro atoms. The number of rotatable bonds is 0. The summed E-state index contributed by atoms with van der Waals surface area (Å²) in [7, 11) is 0. The van der Waals surface area contributed by atoms with Crippen LogP contribution in [0.3, 0.4) is 0 Å². The molecule has 1 rings (SSSR count). The van der Waals surface area contributed by atoms with Gasteiger partial charge in [-0.05, 0) is 28.1 Å². The number of benzene rings is 1. The molecule has 0 saturated carbocycles. The summed E-state index contributed by atoms with van der Waals surface area (Å²) in [5.74, 6) is 0.285. The topological polar surface area (TPSA) is 20.2 Å². The van der Waals surface area contributed by atoms with Crippen molar-refractivity contribution in [3.8, 4) is 5.75 Å². The Labute approximate surface area is 71.8 Å². The second-order valence-corrected chi connectivity index (χ2v) is 2.39. The Kier molecular flexibility index (Phi) is 5.74. The van der Waals surface area contributed by atoms with Gasteiger partial charge in [0.05, 0.1) is 4.47 Å². The SMILES string of the molecule is F[CH]F.Oc1ccccc1Br. The molecule has 1 N–H and O–H groups in total. The van der Waals surface area contributed by atoms with E-state index in [2.05, 4.69) is 15.9 Å². The van der Waals surface area contributed by atoms with E-state index in [0.29, 0.717) is 0 Å². The molecule has 0 aliphatic carbocycles. The molecule has 0 unspecified atom stereocenters. The lowest BCUT2D eigenvalue weighted by atomic mass is 10.3. The first-order valence-electron chi connectivity index (χ1n) is 2.68. The van der Waals surface area contributed by atoms with Crippen molar-refractivity contribution in [2.75, 3.05) is 0 Å². The second-order valence-electron chi connectivity index (χ2n) is 1.53. The molecule has 0 aliphatic heterocycles. The number of para-hydroxylation sites is 1. The fraction of sp³-hybridized carbons (Fsp3) is 0. The number of halogens is 3. The number of hydrogen-bond donors (Lipinski definition) is 1. The van der Waals surface area contributed by atoms with Crippen molar-refractivity contribution in [1.82, 2.24) is 0 Å². The van der Waals surface area contributed by atoms with Crippen LogP contribution in [0.1, 0.15) is 0 Å². The fourth-order valence-corrected chi connectivity index (χ4v) is 0.737. The van der Waals surface area contributed by atoms with Gasteiger partial charge in [0.2, 0.25) is 0 Å². The summed E-state index contributed by atoms with van der Waals surface area (Å²) in [6.45, 7) is -1.00. The average Bonchev–Trinajstić information content (AvgIpc) is 1.97. The third kappa shape index (κ3) is 4.72. The minimum atomic E-state index is -1.00. The van der Waals surface area contributed by atoms with Crippen LogP contribution >= 0.6 is 15.9 Å². The van der Waals surface area contributed by atoms with Gasteiger partial charge in [0.15, 0.2) is 0 Å². The van der Waals surface area contributed by atoms with Crippen LogP contribution in [-0.4, -0.2) is 5.11 Å². The minimum Gasteiger partial charge on any atom is -0.507 e. The summed E-state index contributed by atoms with van der Waals surface area (Å²) in [5, 5.41) is 8.87. The molecule has 4 heteroatoms. The van der Waals surface area contributed by atoms with Crippen LogP contribution in [-0.2, 0) is 0 Å². The highest BCUT2D eigenvalue weighted by atomic mass is 79.9. The number of phenols is 1. The molecule has 0 bridgehead atoms. The van der Waals surface area contributed by atoms with E-state index < -0.39 is 6.93 Å². The van der Waals surface area contributed by atoms with Gasteiger partial charge in [0.25, 0.3) is 6.93 Å². The third-order valence-corrected chi connectivity index (χ3v) is 1.52. The van der Waals surface area contributed by atoms with E-state index in [-0.39, 0.29) is 5.75 Å². The molecule has 1 aromatic rings. The molecule has 0 saturated heterocycles. The molecule has 0 aliphatic rings. The zero-order valence-corrected chi connectivity index (χ0v) is 7.05. The van der Waals surface area contributed by atoms with Gasteiger partial charge in [-0.2, -0.15) is 0 Å². The van der Waals surface area contributed by atoms with E-state index >= 15 is 0 Å². The van der Waals surface area contributed by atoms with Crippen LogP contribution in [0, 0.1) is 6.93 Å². The summed E-state index contributed by atoms with van der Waals surface area (Å²) >= 11 is 3.15. The fourth-order valence-electron chi connectivity index (χ4n) is 0.452. The Bertz CT molecular complexity index is 184. The highest BCUT2D eigenvalue weighted by Gasteiger charge is 1.89. The zero-order chi connectivity index (χ0) is 8.69. The van der Waals surface area contributed by atoms with E-state index in [1.165, 1.54) is 0 Å². The quantitative estimate of drug-likeness (QED) is 0.717. The molecule has 0 atom stereocenters. The lowest BCUT2D eigenvalue weighted by molar-refractivity contribution is 0.404. The molecule has 0 aromatic heterocycles. The molecule has 1 nitrogen and oxygen atoms in total. The lowest BCUT2D eigenvalue weighted by Gasteiger charge is -1.90. The zero-order valence-electron chi connectivity index (χ0n) is 5.47. The van der Waals surface area contributed by atoms with Crippen molar-refractivity contribution in [2.24, 2.45) is 0 Å². The standard InChI is InChI=1S/C6H5BrO.CHF2/c7-5-3-1-2-4-6(5)8;2-1-3/h1-4,8H;1H. The number of aromatic hydroxyl groups is 1. The minimum absolute atomic E-state index is 0.285. The molecule has 61 valence electrons. The molecular weight excluding hydrogens is 218 g/mol. The van der Waals surface area contributed by atoms with Crippen LogP contribution < -0.4 is 0 Å². The van der Waals surface area contributed by atoms with Crippen LogP contribution in [0.15, 0.2) is 28.7 Å². The first-order valence-corrected chi connectivity index (χ1v) is 3.47. The number of hydrogen-bond acceptors (Lipinski definition) is 1. The first kappa shape index (κ1) is 10.4. The second kappa shape index (κ2) is 6.09. The van der Waals surface area contributed by atoms with Crippen LogP contribution in [0.25, 0.3) is 0 Å². The van der Waals surface area contributed by atoms with Gasteiger partial charge in [-0.25, -0.2) is 8.78 Å². The Balaban J connectivity index is 0.000000292. The van der Waals surface area contributed by atoms with Crippen molar-refractivity contribution in [2.45, 2.75) is 0 Å². The van der Waals surface area contributed by atoms with Gasteiger partial charge >= 0.3 is 0 Å². The maximum atomic E-state index is 9.50. The van der Waals surface area contributed by atoms with E-state index in [4.69, 9.17) is 5.11 Å². The van der Waals surface area contributed by atoms with Gasteiger partial charge in [0.1, 0.15) is 5.75 Å². The van der Waals surface area contributed by atoms with Gasteiger partial charge in [-0.15, -0.1) is 0 Å². The molecule has 0 fully saturated rings. The monoisotopic (exact) mass is 223 g/mol. The molecule has 1 aromatic carbocycles. The van der Waals surface area contributed by atoms with Gasteiger partial charge in [-0.1, -0.05) is 12.1 Å². The van der Waals surface area contributed by atoms with Gasteiger partial charge in [0, 0.05) is 0 Å². The normalized spacial score (nSPS) is 8.27. The van der Waals surface area contributed by atoms with Crippen LogP contribution in [0.2, 0.25) is 0 Å². The Morgan fingerprint density at radius 2 is 1.73 bits per heavy atom. The van der Waals surface area contributed by atoms with Crippen molar-refractivity contribution < 1.29 is 13.9 Å². The Hall–Kier alpha value is -0.640. The number of phenolic OH excluding ortho intramolecular Hbond substituents is 1. The van der Waals surface area contributed by atoms with Crippen molar-refractivity contribution in [1.29, 1.82) is 0 Å². The lowest BCUT2D eigenvalue weighted by Crippen LogP contribution is -1.63. The van der Waals surface area contributed by atoms with E-state index in [0.717, 1.165) is 4.47 Å². The first-order chi connectivity index (χ1) is 5.22. The van der Waals surface area contributed by atoms with Crippen molar-refractivity contribution >= 4 is 15.9 Å². The summed E-state index contributed by atoms with van der Waals surface area (Å²) in [6, 6.07) is 7.04.